The molecule has 0 saturated carbocycles. The normalized spacial score (nSPS) is 20.0. The highest BCUT2D eigenvalue weighted by molar-refractivity contribution is 9.08. The number of rotatable bonds is 3. The van der Waals surface area contributed by atoms with Crippen molar-refractivity contribution in [3.63, 3.8) is 0 Å². The first-order chi connectivity index (χ1) is 12.2. The largest absolute Gasteiger partial charge is 0.435 e. The average Bonchev–Trinajstić information content (AvgIpc) is 3.01. The lowest BCUT2D eigenvalue weighted by molar-refractivity contribution is -0.275. The van der Waals surface area contributed by atoms with E-state index in [2.05, 4.69) is 21.1 Å². The van der Waals surface area contributed by atoms with Gasteiger partial charge >= 0.3 is 6.18 Å². The lowest BCUT2D eigenvalue weighted by atomic mass is 9.86. The van der Waals surface area contributed by atoms with Crippen LogP contribution in [0.2, 0.25) is 10.0 Å². The second-order valence-corrected chi connectivity index (χ2v) is 7.27. The van der Waals surface area contributed by atoms with Crippen LogP contribution in [0.15, 0.2) is 41.6 Å². The van der Waals surface area contributed by atoms with Gasteiger partial charge in [-0.05, 0) is 41.5 Å². The molecular weight excluding hydrogens is 456 g/mol. The first kappa shape index (κ1) is 19.3. The Bertz CT molecular complexity index is 869. The summed E-state index contributed by atoms with van der Waals surface area (Å²) in [5.41, 5.74) is 4.95. The third-order valence-electron chi connectivity index (χ3n) is 4.14. The third-order valence-corrected chi connectivity index (χ3v) is 5.18. The van der Waals surface area contributed by atoms with Crippen molar-refractivity contribution in [3.05, 3.63) is 63.1 Å². The predicted octanol–water partition coefficient (Wildman–Crippen LogP) is 6.05. The molecule has 2 aromatic rings. The lowest BCUT2D eigenvalue weighted by Gasteiger charge is -2.29. The first-order valence-corrected chi connectivity index (χ1v) is 9.27. The quantitative estimate of drug-likeness (QED) is 0.441. The van der Waals surface area contributed by atoms with E-state index in [-0.39, 0.29) is 21.3 Å². The van der Waals surface area contributed by atoms with E-state index in [1.165, 1.54) is 18.2 Å². The molecule has 1 atom stereocenters. The molecule has 1 unspecified atom stereocenters. The standard InChI is InChI=1S/C17H12BrCl2F3N2O/c18-8-10-3-9(1-2-14(10)24)15-7-16(26-25-15,17(21,22)23)11-4-12(19)6-13(20)5-11/h1-6H,7-8,24H2. The number of hydrogen-bond donors (Lipinski definition) is 1. The molecule has 0 radical (unpaired) electrons. The molecule has 1 aliphatic heterocycles. The molecule has 0 aliphatic carbocycles. The van der Waals surface area contributed by atoms with Gasteiger partial charge in [0.05, 0.1) is 5.71 Å². The van der Waals surface area contributed by atoms with E-state index in [9.17, 15) is 13.2 Å². The molecule has 0 saturated heterocycles. The van der Waals surface area contributed by atoms with Gasteiger partial charge in [-0.25, -0.2) is 0 Å². The van der Waals surface area contributed by atoms with Crippen molar-refractivity contribution >= 4 is 50.5 Å². The molecule has 9 heteroatoms. The number of nitrogens with zero attached hydrogens (tertiary/aromatic N) is 1. The van der Waals surface area contributed by atoms with Crippen molar-refractivity contribution < 1.29 is 18.0 Å². The summed E-state index contributed by atoms with van der Waals surface area (Å²) in [4.78, 5) is 4.97. The first-order valence-electron chi connectivity index (χ1n) is 7.39. The molecule has 0 aromatic heterocycles. The minimum atomic E-state index is -4.72. The Morgan fingerprint density at radius 1 is 1.15 bits per heavy atom. The summed E-state index contributed by atoms with van der Waals surface area (Å²) in [6.07, 6.45) is -5.23. The van der Waals surface area contributed by atoms with E-state index in [0.717, 1.165) is 5.56 Å². The molecule has 1 aliphatic rings. The topological polar surface area (TPSA) is 47.6 Å². The van der Waals surface area contributed by atoms with E-state index >= 15 is 0 Å². The maximum Gasteiger partial charge on any atom is 0.435 e. The Kier molecular flexibility index (Phi) is 5.16. The second kappa shape index (κ2) is 6.94. The Balaban J connectivity index is 2.04. The van der Waals surface area contributed by atoms with E-state index in [1.807, 2.05) is 0 Å². The van der Waals surface area contributed by atoms with Gasteiger partial charge in [0.2, 0.25) is 0 Å². The SMILES string of the molecule is Nc1ccc(C2=NOC(c3cc(Cl)cc(Cl)c3)(C(F)(F)F)C2)cc1CBr. The molecule has 1 heterocycles. The van der Waals surface area contributed by atoms with Gasteiger partial charge in [-0.2, -0.15) is 13.2 Å². The van der Waals surface area contributed by atoms with Crippen LogP contribution >= 0.6 is 39.1 Å². The zero-order valence-electron chi connectivity index (χ0n) is 13.1. The number of nitrogens with two attached hydrogens (primary N) is 1. The summed E-state index contributed by atoms with van der Waals surface area (Å²) in [5.74, 6) is 0. The second-order valence-electron chi connectivity index (χ2n) is 5.84. The van der Waals surface area contributed by atoms with Crippen LogP contribution in [0.3, 0.4) is 0 Å². The van der Waals surface area contributed by atoms with Gasteiger partial charge in [0, 0.05) is 33.0 Å². The van der Waals surface area contributed by atoms with Crippen LogP contribution < -0.4 is 5.73 Å². The fourth-order valence-electron chi connectivity index (χ4n) is 2.75. The number of nitrogen functional groups attached to an aromatic ring is 1. The van der Waals surface area contributed by atoms with E-state index < -0.39 is 18.2 Å². The maximum absolute atomic E-state index is 14.0. The molecule has 0 spiro atoms. The van der Waals surface area contributed by atoms with Gasteiger partial charge in [0.1, 0.15) is 0 Å². The fraction of sp³-hybridized carbons (Fsp3) is 0.235. The number of hydrogen-bond acceptors (Lipinski definition) is 3. The van der Waals surface area contributed by atoms with Crippen LogP contribution in [-0.2, 0) is 15.8 Å². The lowest BCUT2D eigenvalue weighted by Crippen LogP contribution is -2.42. The molecule has 26 heavy (non-hydrogen) atoms. The van der Waals surface area contributed by atoms with Crippen molar-refractivity contribution in [2.24, 2.45) is 5.16 Å². The Morgan fingerprint density at radius 2 is 1.81 bits per heavy atom. The summed E-state index contributed by atoms with van der Waals surface area (Å²) in [5, 5.41) is 4.36. The Morgan fingerprint density at radius 3 is 2.38 bits per heavy atom. The minimum absolute atomic E-state index is 0.0854. The van der Waals surface area contributed by atoms with Crippen molar-refractivity contribution in [3.8, 4) is 0 Å². The summed E-state index contributed by atoms with van der Waals surface area (Å²) in [6.45, 7) is 0. The highest BCUT2D eigenvalue weighted by Gasteiger charge is 2.62. The van der Waals surface area contributed by atoms with Crippen molar-refractivity contribution in [1.82, 2.24) is 0 Å². The molecule has 3 nitrogen and oxygen atoms in total. The van der Waals surface area contributed by atoms with Gasteiger partial charge in [-0.15, -0.1) is 0 Å². The fourth-order valence-corrected chi connectivity index (χ4v) is 3.76. The minimum Gasteiger partial charge on any atom is -0.398 e. The molecular formula is C17H12BrCl2F3N2O. The molecule has 2 aromatic carbocycles. The molecule has 0 bridgehead atoms. The van der Waals surface area contributed by atoms with Crippen LogP contribution in [0.5, 0.6) is 0 Å². The number of benzene rings is 2. The summed E-state index contributed by atoms with van der Waals surface area (Å²) < 4.78 is 41.9. The number of oxime groups is 1. The van der Waals surface area contributed by atoms with Gasteiger partial charge in [0.25, 0.3) is 5.60 Å². The van der Waals surface area contributed by atoms with E-state index in [4.69, 9.17) is 33.8 Å². The third kappa shape index (κ3) is 3.40. The van der Waals surface area contributed by atoms with E-state index in [0.29, 0.717) is 16.6 Å². The predicted molar refractivity (Wildman–Crippen MR) is 99.9 cm³/mol. The van der Waals surface area contributed by atoms with Gasteiger partial charge in [-0.3, -0.25) is 0 Å². The van der Waals surface area contributed by atoms with Crippen LogP contribution in [-0.4, -0.2) is 11.9 Å². The molecule has 0 amide bonds. The number of anilines is 1. The highest BCUT2D eigenvalue weighted by Crippen LogP contribution is 2.49. The molecule has 0 fully saturated rings. The monoisotopic (exact) mass is 466 g/mol. The number of halogens is 6. The smallest absolute Gasteiger partial charge is 0.398 e. The van der Waals surface area contributed by atoms with Crippen LogP contribution in [0.25, 0.3) is 0 Å². The van der Waals surface area contributed by atoms with Crippen molar-refractivity contribution in [2.75, 3.05) is 5.73 Å². The Labute approximate surface area is 166 Å². The Hall–Kier alpha value is -1.44. The number of alkyl halides is 4. The van der Waals surface area contributed by atoms with Gasteiger partial charge in [-0.1, -0.05) is 50.4 Å². The summed E-state index contributed by atoms with van der Waals surface area (Å²) >= 11 is 15.1. The highest BCUT2D eigenvalue weighted by atomic mass is 79.9. The van der Waals surface area contributed by atoms with Crippen LogP contribution in [0.4, 0.5) is 18.9 Å². The van der Waals surface area contributed by atoms with Crippen LogP contribution in [0, 0.1) is 0 Å². The average molecular weight is 468 g/mol. The van der Waals surface area contributed by atoms with Crippen molar-refractivity contribution in [1.29, 1.82) is 0 Å². The molecule has 3 rings (SSSR count). The zero-order chi connectivity index (χ0) is 19.1. The molecule has 138 valence electrons. The molecule has 2 N–H and O–H groups in total. The van der Waals surface area contributed by atoms with Crippen molar-refractivity contribution in [2.45, 2.75) is 23.5 Å². The van der Waals surface area contributed by atoms with Gasteiger partial charge < -0.3 is 10.6 Å². The summed E-state index contributed by atoms with van der Waals surface area (Å²) in [7, 11) is 0. The van der Waals surface area contributed by atoms with Crippen LogP contribution in [0.1, 0.15) is 23.1 Å². The summed E-state index contributed by atoms with van der Waals surface area (Å²) in [6, 6.07) is 8.65. The zero-order valence-corrected chi connectivity index (χ0v) is 16.2. The maximum atomic E-state index is 14.0. The van der Waals surface area contributed by atoms with Gasteiger partial charge in [0.15, 0.2) is 0 Å². The van der Waals surface area contributed by atoms with E-state index in [1.54, 1.807) is 18.2 Å².